The summed E-state index contributed by atoms with van der Waals surface area (Å²) in [6.45, 7) is 1.43. The minimum absolute atomic E-state index is 0. The number of benzene rings is 1. The monoisotopic (exact) mass is 390 g/mol. The fourth-order valence-corrected chi connectivity index (χ4v) is 2.78. The Balaban J connectivity index is 0.00000156. The molecule has 0 spiro atoms. The molecule has 2 N–H and O–H groups in total. The summed E-state index contributed by atoms with van der Waals surface area (Å²) in [5.41, 5.74) is -0.128. The van der Waals surface area contributed by atoms with Gasteiger partial charge in [-0.05, 0) is 50.2 Å². The van der Waals surface area contributed by atoms with Gasteiger partial charge >= 0.3 is 0 Å². The summed E-state index contributed by atoms with van der Waals surface area (Å²) in [6, 6.07) is 6.25. The first-order valence-electron chi connectivity index (χ1n) is 7.51. The molecule has 0 radical (unpaired) electrons. The quantitative estimate of drug-likeness (QED) is 0.841. The molecular formula is C16H21Cl2FN4O2. The molecule has 1 aromatic carbocycles. The van der Waals surface area contributed by atoms with E-state index >= 15 is 0 Å². The Bertz CT molecular complexity index is 691. The van der Waals surface area contributed by atoms with Crippen molar-refractivity contribution in [1.29, 1.82) is 0 Å². The first-order valence-corrected chi connectivity index (χ1v) is 7.51. The van der Waals surface area contributed by atoms with Gasteiger partial charge in [-0.2, -0.15) is 5.10 Å². The Morgan fingerprint density at radius 2 is 2.08 bits per heavy atom. The van der Waals surface area contributed by atoms with Crippen LogP contribution in [0.2, 0.25) is 0 Å². The Morgan fingerprint density at radius 3 is 2.64 bits per heavy atom. The Morgan fingerprint density at radius 1 is 1.36 bits per heavy atom. The van der Waals surface area contributed by atoms with Crippen LogP contribution in [-0.2, 0) is 9.53 Å². The molecule has 2 heterocycles. The Hall–Kier alpha value is -1.67. The molecule has 1 aromatic heterocycles. The van der Waals surface area contributed by atoms with E-state index in [1.54, 1.807) is 30.6 Å². The van der Waals surface area contributed by atoms with Gasteiger partial charge in [0.2, 0.25) is 0 Å². The van der Waals surface area contributed by atoms with Crippen LogP contribution in [0.5, 0.6) is 0 Å². The molecule has 1 saturated heterocycles. The molecule has 0 bridgehead atoms. The molecule has 1 amide bonds. The maximum atomic E-state index is 14.2. The molecule has 0 saturated carbocycles. The minimum atomic E-state index is -0.859. The fraction of sp³-hybridized carbons (Fsp3) is 0.375. The van der Waals surface area contributed by atoms with E-state index in [9.17, 15) is 9.18 Å². The molecule has 3 rings (SSSR count). The second-order valence-corrected chi connectivity index (χ2v) is 5.52. The lowest BCUT2D eigenvalue weighted by atomic mass is 9.91. The number of carbonyl (C=O) groups is 1. The predicted octanol–water partition coefficient (Wildman–Crippen LogP) is 2.56. The minimum Gasteiger partial charge on any atom is -0.368 e. The molecule has 6 nitrogen and oxygen atoms in total. The van der Waals surface area contributed by atoms with E-state index in [2.05, 4.69) is 15.7 Å². The van der Waals surface area contributed by atoms with E-state index in [1.807, 2.05) is 0 Å². The zero-order valence-corrected chi connectivity index (χ0v) is 15.3. The molecule has 0 aliphatic carbocycles. The molecule has 9 heteroatoms. The molecule has 1 aliphatic rings. The van der Waals surface area contributed by atoms with Crippen LogP contribution in [0, 0.1) is 5.82 Å². The number of aromatic nitrogens is 2. The third kappa shape index (κ3) is 4.49. The zero-order chi connectivity index (χ0) is 16.3. The lowest BCUT2D eigenvalue weighted by molar-refractivity contribution is -0.140. The van der Waals surface area contributed by atoms with Gasteiger partial charge in [0, 0.05) is 25.2 Å². The van der Waals surface area contributed by atoms with Gasteiger partial charge in [0.1, 0.15) is 11.3 Å². The zero-order valence-electron chi connectivity index (χ0n) is 13.7. The van der Waals surface area contributed by atoms with Crippen molar-refractivity contribution in [3.63, 3.8) is 0 Å². The molecule has 1 aliphatic heterocycles. The van der Waals surface area contributed by atoms with Gasteiger partial charge in [-0.3, -0.25) is 4.79 Å². The average molecular weight is 391 g/mol. The number of piperidine rings is 1. The van der Waals surface area contributed by atoms with Gasteiger partial charge in [0.15, 0.2) is 5.82 Å². The summed E-state index contributed by atoms with van der Waals surface area (Å²) in [4.78, 5) is 12.5. The highest BCUT2D eigenvalue weighted by Gasteiger charge is 2.39. The van der Waals surface area contributed by atoms with Gasteiger partial charge in [-0.1, -0.05) is 0 Å². The number of nitrogens with one attached hydrogen (secondary N) is 2. The number of ether oxygens (including phenoxy) is 1. The highest BCUT2D eigenvalue weighted by atomic mass is 35.5. The van der Waals surface area contributed by atoms with Crippen LogP contribution < -0.4 is 10.6 Å². The lowest BCUT2D eigenvalue weighted by Crippen LogP contribution is -2.51. The fourth-order valence-electron chi connectivity index (χ4n) is 2.78. The summed E-state index contributed by atoms with van der Waals surface area (Å²) in [7, 11) is 1.53. The van der Waals surface area contributed by atoms with Crippen molar-refractivity contribution in [3.8, 4) is 5.69 Å². The number of carbonyl (C=O) groups excluding carboxylic acids is 1. The topological polar surface area (TPSA) is 68.2 Å². The molecule has 138 valence electrons. The van der Waals surface area contributed by atoms with Gasteiger partial charge in [0.05, 0.1) is 0 Å². The first kappa shape index (κ1) is 21.4. The van der Waals surface area contributed by atoms with Crippen LogP contribution in [0.15, 0.2) is 36.7 Å². The van der Waals surface area contributed by atoms with Crippen LogP contribution in [0.4, 0.5) is 10.1 Å². The van der Waals surface area contributed by atoms with Crippen molar-refractivity contribution in [1.82, 2.24) is 15.1 Å². The number of halogens is 3. The number of nitrogens with zero attached hydrogens (tertiary/aromatic N) is 2. The summed E-state index contributed by atoms with van der Waals surface area (Å²) in [6.07, 6.45) is 4.41. The van der Waals surface area contributed by atoms with Crippen molar-refractivity contribution < 1.29 is 13.9 Å². The average Bonchev–Trinajstić information content (AvgIpc) is 3.09. The van der Waals surface area contributed by atoms with Crippen molar-refractivity contribution in [2.24, 2.45) is 0 Å². The van der Waals surface area contributed by atoms with E-state index in [-0.39, 0.29) is 30.7 Å². The van der Waals surface area contributed by atoms with Crippen LogP contribution in [-0.4, -0.2) is 41.5 Å². The standard InChI is InChI=1S/C16H19FN4O2.2ClH/c1-23-16(5-8-18-9-6-16)15(22)20-12-3-4-14(13(17)11-12)21-10-2-7-19-21;;/h2-4,7,10-11,18H,5-6,8-9H2,1H3,(H,20,22);2*1H. The van der Waals surface area contributed by atoms with Crippen molar-refractivity contribution in [2.75, 3.05) is 25.5 Å². The molecule has 2 aromatic rings. The van der Waals surface area contributed by atoms with Crippen LogP contribution >= 0.6 is 24.8 Å². The van der Waals surface area contributed by atoms with Crippen molar-refractivity contribution >= 4 is 36.4 Å². The molecule has 0 unspecified atom stereocenters. The first-order chi connectivity index (χ1) is 11.1. The SMILES string of the molecule is COC1(C(=O)Nc2ccc(-n3cccn3)c(F)c2)CCNCC1.Cl.Cl. The predicted molar refractivity (Wildman–Crippen MR) is 98.5 cm³/mol. The maximum absolute atomic E-state index is 14.2. The summed E-state index contributed by atoms with van der Waals surface area (Å²) in [5.74, 6) is -0.698. The number of hydrogen-bond donors (Lipinski definition) is 2. The largest absolute Gasteiger partial charge is 0.368 e. The second-order valence-electron chi connectivity index (χ2n) is 5.52. The molecule has 25 heavy (non-hydrogen) atoms. The van der Waals surface area contributed by atoms with Gasteiger partial charge in [-0.25, -0.2) is 9.07 Å². The third-order valence-electron chi connectivity index (χ3n) is 4.17. The van der Waals surface area contributed by atoms with Gasteiger partial charge < -0.3 is 15.4 Å². The number of methoxy groups -OCH3 is 1. The molecular weight excluding hydrogens is 370 g/mol. The maximum Gasteiger partial charge on any atom is 0.256 e. The smallest absolute Gasteiger partial charge is 0.256 e. The highest BCUT2D eigenvalue weighted by Crippen LogP contribution is 2.25. The van der Waals surface area contributed by atoms with Crippen molar-refractivity contribution in [3.05, 3.63) is 42.5 Å². The summed E-state index contributed by atoms with van der Waals surface area (Å²) < 4.78 is 21.1. The number of amides is 1. The van der Waals surface area contributed by atoms with E-state index in [4.69, 9.17) is 4.74 Å². The van der Waals surface area contributed by atoms with E-state index < -0.39 is 11.4 Å². The summed E-state index contributed by atoms with van der Waals surface area (Å²) in [5, 5.41) is 9.95. The normalized spacial score (nSPS) is 15.6. The van der Waals surface area contributed by atoms with Gasteiger partial charge in [-0.15, -0.1) is 24.8 Å². The molecule has 1 fully saturated rings. The van der Waals surface area contributed by atoms with Crippen LogP contribution in [0.1, 0.15) is 12.8 Å². The second kappa shape index (κ2) is 9.15. The van der Waals surface area contributed by atoms with E-state index in [0.29, 0.717) is 37.3 Å². The number of hydrogen-bond acceptors (Lipinski definition) is 4. The van der Waals surface area contributed by atoms with E-state index in [1.165, 1.54) is 17.9 Å². The Kier molecular flexibility index (Phi) is 7.82. The lowest BCUT2D eigenvalue weighted by Gasteiger charge is -2.34. The van der Waals surface area contributed by atoms with E-state index in [0.717, 1.165) is 0 Å². The Labute approximate surface area is 157 Å². The third-order valence-corrected chi connectivity index (χ3v) is 4.17. The molecule has 0 atom stereocenters. The number of rotatable bonds is 4. The van der Waals surface area contributed by atoms with Gasteiger partial charge in [0.25, 0.3) is 5.91 Å². The van der Waals surface area contributed by atoms with Crippen LogP contribution in [0.25, 0.3) is 5.69 Å². The van der Waals surface area contributed by atoms with Crippen LogP contribution in [0.3, 0.4) is 0 Å². The number of anilines is 1. The van der Waals surface area contributed by atoms with Crippen molar-refractivity contribution in [2.45, 2.75) is 18.4 Å². The highest BCUT2D eigenvalue weighted by molar-refractivity contribution is 5.97. The summed E-state index contributed by atoms with van der Waals surface area (Å²) >= 11 is 0.